The van der Waals surface area contributed by atoms with E-state index in [0.29, 0.717) is 11.8 Å². The Kier molecular flexibility index (Phi) is 6.31. The predicted octanol–water partition coefficient (Wildman–Crippen LogP) is 4.01. The molecule has 0 aliphatic rings. The number of ketones is 1. The van der Waals surface area contributed by atoms with E-state index in [1.807, 2.05) is 0 Å². The lowest BCUT2D eigenvalue weighted by Crippen LogP contribution is -2.11. The maximum Gasteiger partial charge on any atom is 0.328 e. The number of nitrogens with zero attached hydrogens (tertiary/aromatic N) is 2. The van der Waals surface area contributed by atoms with Crippen molar-refractivity contribution in [3.63, 3.8) is 0 Å². The number of halogens is 4. The van der Waals surface area contributed by atoms with Crippen LogP contribution in [-0.2, 0) is 6.61 Å². The van der Waals surface area contributed by atoms with Crippen LogP contribution in [0.15, 0.2) is 18.2 Å². The normalized spacial score (nSPS) is 10.3. The van der Waals surface area contributed by atoms with E-state index in [-0.39, 0.29) is 17.9 Å². The molecular weight excluding hydrogens is 368 g/mol. The van der Waals surface area contributed by atoms with E-state index >= 15 is 0 Å². The standard InChI is InChI=1S/C18H14F4N2O3/c1-3-26-18-16(21)14(19)11(15(20)17(18)22)8-27-13-5-4-10(6-9(13)2)12(25)7-24-23/h4-7H,3,8H2,1-2H3. The Morgan fingerprint density at radius 3 is 2.26 bits per heavy atom. The zero-order valence-electron chi connectivity index (χ0n) is 14.4. The highest BCUT2D eigenvalue weighted by atomic mass is 19.2. The molecule has 2 rings (SSSR count). The van der Waals surface area contributed by atoms with Crippen LogP contribution in [0.4, 0.5) is 17.6 Å². The number of hydrogen-bond donors (Lipinski definition) is 0. The second kappa shape index (κ2) is 8.46. The van der Waals surface area contributed by atoms with Crippen molar-refractivity contribution in [2.75, 3.05) is 6.61 Å². The lowest BCUT2D eigenvalue weighted by atomic mass is 10.1. The summed E-state index contributed by atoms with van der Waals surface area (Å²) < 4.78 is 65.7. The molecule has 9 heteroatoms. The molecule has 0 aromatic heterocycles. The molecule has 0 N–H and O–H groups in total. The summed E-state index contributed by atoms with van der Waals surface area (Å²) in [6.45, 7) is 2.00. The molecule has 27 heavy (non-hydrogen) atoms. The highest BCUT2D eigenvalue weighted by Gasteiger charge is 2.27. The van der Waals surface area contributed by atoms with Gasteiger partial charge in [0, 0.05) is 5.56 Å². The number of hydrogen-bond acceptors (Lipinski definition) is 3. The smallest absolute Gasteiger partial charge is 0.328 e. The molecule has 0 bridgehead atoms. The summed E-state index contributed by atoms with van der Waals surface area (Å²) in [7, 11) is 0. The molecule has 5 nitrogen and oxygen atoms in total. The molecule has 0 radical (unpaired) electrons. The highest BCUT2D eigenvalue weighted by molar-refractivity contribution is 6.33. The topological polar surface area (TPSA) is 71.9 Å². The van der Waals surface area contributed by atoms with Crippen molar-refractivity contribution >= 4 is 12.0 Å². The molecule has 0 aliphatic heterocycles. The zero-order valence-corrected chi connectivity index (χ0v) is 14.4. The largest absolute Gasteiger partial charge is 0.488 e. The first-order chi connectivity index (χ1) is 12.8. The molecule has 0 unspecified atom stereocenters. The Bertz CT molecular complexity index is 912. The minimum Gasteiger partial charge on any atom is -0.488 e. The molecule has 0 saturated heterocycles. The number of benzene rings is 2. The van der Waals surface area contributed by atoms with E-state index in [1.165, 1.54) is 25.1 Å². The van der Waals surface area contributed by atoms with Gasteiger partial charge in [-0.2, -0.15) is 13.6 Å². The molecule has 0 aliphatic carbocycles. The molecular formula is C18H14F4N2O3. The Morgan fingerprint density at radius 2 is 1.74 bits per heavy atom. The van der Waals surface area contributed by atoms with Crippen LogP contribution in [0.1, 0.15) is 28.4 Å². The van der Waals surface area contributed by atoms with Gasteiger partial charge >= 0.3 is 6.21 Å². The Labute approximate surface area is 151 Å². The average Bonchev–Trinajstić information content (AvgIpc) is 2.64. The van der Waals surface area contributed by atoms with Gasteiger partial charge in [-0.15, -0.1) is 0 Å². The predicted molar refractivity (Wildman–Crippen MR) is 87.0 cm³/mol. The summed E-state index contributed by atoms with van der Waals surface area (Å²) in [5.41, 5.74) is 8.04. The summed E-state index contributed by atoms with van der Waals surface area (Å²) in [4.78, 5) is 14.2. The highest BCUT2D eigenvalue weighted by Crippen LogP contribution is 2.31. The van der Waals surface area contributed by atoms with Crippen molar-refractivity contribution in [1.29, 1.82) is 0 Å². The van der Waals surface area contributed by atoms with Gasteiger partial charge in [0.1, 0.15) is 12.4 Å². The molecule has 0 fully saturated rings. The molecule has 2 aromatic carbocycles. The zero-order chi connectivity index (χ0) is 20.1. The maximum atomic E-state index is 14.1. The summed E-state index contributed by atoms with van der Waals surface area (Å²) in [6, 6.07) is 4.06. The fourth-order valence-corrected chi connectivity index (χ4v) is 2.30. The van der Waals surface area contributed by atoms with Gasteiger partial charge in [0.05, 0.1) is 12.2 Å². The van der Waals surface area contributed by atoms with Gasteiger partial charge in [-0.1, -0.05) is 0 Å². The molecule has 142 valence electrons. The molecule has 0 spiro atoms. The van der Waals surface area contributed by atoms with Gasteiger partial charge < -0.3 is 15.0 Å². The first kappa shape index (κ1) is 20.1. The van der Waals surface area contributed by atoms with Gasteiger partial charge in [-0.05, 0) is 37.6 Å². The summed E-state index contributed by atoms with van der Waals surface area (Å²) >= 11 is 0. The van der Waals surface area contributed by atoms with Crippen LogP contribution in [0.5, 0.6) is 11.5 Å². The van der Waals surface area contributed by atoms with Crippen molar-refractivity contribution in [3.05, 3.63) is 63.7 Å². The van der Waals surface area contributed by atoms with E-state index < -0.39 is 47.0 Å². The summed E-state index contributed by atoms with van der Waals surface area (Å²) in [6.07, 6.45) is 0.700. The fraction of sp³-hybridized carbons (Fsp3) is 0.222. The van der Waals surface area contributed by atoms with Crippen LogP contribution < -0.4 is 9.47 Å². The molecule has 0 amide bonds. The van der Waals surface area contributed by atoms with Gasteiger partial charge in [0.2, 0.25) is 11.6 Å². The first-order valence-electron chi connectivity index (χ1n) is 7.74. The number of Topliss-reactive ketones (excluding diaryl/α,β-unsaturated/α-hetero) is 1. The van der Waals surface area contributed by atoms with E-state index in [4.69, 9.17) is 10.3 Å². The Morgan fingerprint density at radius 1 is 1.11 bits per heavy atom. The Balaban J connectivity index is 2.29. The SMILES string of the molecule is CCOc1c(F)c(F)c(COc2ccc(C(=O)C=[N+]=[N-])cc2C)c(F)c1F. The minimum absolute atomic E-state index is 0.140. The number of ether oxygens (including phenoxy) is 2. The van der Waals surface area contributed by atoms with E-state index in [0.717, 1.165) is 0 Å². The molecule has 0 saturated carbocycles. The van der Waals surface area contributed by atoms with Crippen LogP contribution in [-0.4, -0.2) is 23.4 Å². The van der Waals surface area contributed by atoms with Crippen LogP contribution in [0.2, 0.25) is 0 Å². The monoisotopic (exact) mass is 382 g/mol. The third-order valence-electron chi connectivity index (χ3n) is 3.61. The summed E-state index contributed by atoms with van der Waals surface area (Å²) in [5, 5.41) is 0. The second-order valence-electron chi connectivity index (χ2n) is 5.37. The van der Waals surface area contributed by atoms with Gasteiger partial charge in [0.15, 0.2) is 17.4 Å². The van der Waals surface area contributed by atoms with E-state index in [1.54, 1.807) is 6.92 Å². The number of carbonyl (C=O) groups is 1. The van der Waals surface area contributed by atoms with Gasteiger partial charge in [-0.25, -0.2) is 8.78 Å². The maximum absolute atomic E-state index is 14.1. The Hall–Kier alpha value is -3.19. The minimum atomic E-state index is -1.64. The molecule has 2 aromatic rings. The third-order valence-corrected chi connectivity index (χ3v) is 3.61. The van der Waals surface area contributed by atoms with E-state index in [9.17, 15) is 22.4 Å². The first-order valence-corrected chi connectivity index (χ1v) is 7.74. The van der Waals surface area contributed by atoms with Crippen molar-refractivity contribution in [3.8, 4) is 11.5 Å². The quantitative estimate of drug-likeness (QED) is 0.181. The van der Waals surface area contributed by atoms with Crippen molar-refractivity contribution in [2.24, 2.45) is 0 Å². The van der Waals surface area contributed by atoms with Gasteiger partial charge in [-0.3, -0.25) is 4.79 Å². The van der Waals surface area contributed by atoms with E-state index in [2.05, 4.69) is 9.53 Å². The summed E-state index contributed by atoms with van der Waals surface area (Å²) in [5.74, 6) is -8.06. The number of rotatable bonds is 7. The van der Waals surface area contributed by atoms with Crippen molar-refractivity contribution < 1.29 is 36.6 Å². The van der Waals surface area contributed by atoms with Crippen LogP contribution in [0, 0.1) is 30.2 Å². The third kappa shape index (κ3) is 4.15. The number of aryl methyl sites for hydroxylation is 1. The fourth-order valence-electron chi connectivity index (χ4n) is 2.30. The van der Waals surface area contributed by atoms with Crippen LogP contribution in [0.3, 0.4) is 0 Å². The van der Waals surface area contributed by atoms with Gasteiger partial charge in [0.25, 0.3) is 5.78 Å². The van der Waals surface area contributed by atoms with Crippen molar-refractivity contribution in [1.82, 2.24) is 0 Å². The van der Waals surface area contributed by atoms with Crippen molar-refractivity contribution in [2.45, 2.75) is 20.5 Å². The lowest BCUT2D eigenvalue weighted by Gasteiger charge is -2.14. The van der Waals surface area contributed by atoms with Crippen LogP contribution >= 0.6 is 0 Å². The lowest BCUT2D eigenvalue weighted by molar-refractivity contribution is 0.00234. The molecule has 0 atom stereocenters. The molecule has 0 heterocycles. The average molecular weight is 382 g/mol. The number of carbonyl (C=O) groups excluding carboxylic acids is 1. The second-order valence-corrected chi connectivity index (χ2v) is 5.37. The van der Waals surface area contributed by atoms with Crippen LogP contribution in [0.25, 0.3) is 5.53 Å².